The van der Waals surface area contributed by atoms with E-state index in [2.05, 4.69) is 15.7 Å². The number of hydrogen-bond acceptors (Lipinski definition) is 3. The predicted molar refractivity (Wildman–Crippen MR) is 87.1 cm³/mol. The first-order valence-corrected chi connectivity index (χ1v) is 6.58. The van der Waals surface area contributed by atoms with Gasteiger partial charge in [-0.15, -0.1) is 12.4 Å². The normalized spacial score (nSPS) is 10.1. The van der Waals surface area contributed by atoms with Crippen LogP contribution in [0.15, 0.2) is 24.3 Å². The van der Waals surface area contributed by atoms with Crippen LogP contribution in [0.3, 0.4) is 0 Å². The third-order valence-corrected chi connectivity index (χ3v) is 3.37. The van der Waals surface area contributed by atoms with Crippen molar-refractivity contribution in [2.75, 3.05) is 12.4 Å². The van der Waals surface area contributed by atoms with Gasteiger partial charge in [0.2, 0.25) is 0 Å². The highest BCUT2D eigenvalue weighted by molar-refractivity contribution is 6.06. The summed E-state index contributed by atoms with van der Waals surface area (Å²) in [5.74, 6) is -0.114. The summed E-state index contributed by atoms with van der Waals surface area (Å²) in [4.78, 5) is 12.4. The molecule has 6 heteroatoms. The Kier molecular flexibility index (Phi) is 5.93. The zero-order chi connectivity index (χ0) is 14.7. The van der Waals surface area contributed by atoms with Crippen molar-refractivity contribution in [3.63, 3.8) is 0 Å². The minimum Gasteiger partial charge on any atom is -0.322 e. The van der Waals surface area contributed by atoms with E-state index in [0.29, 0.717) is 12.1 Å². The third kappa shape index (κ3) is 3.62. The first kappa shape index (κ1) is 17.2. The number of aryl methyl sites for hydroxylation is 2. The topological polar surface area (TPSA) is 58.9 Å². The van der Waals surface area contributed by atoms with Crippen LogP contribution in [-0.2, 0) is 13.6 Å². The van der Waals surface area contributed by atoms with Crippen molar-refractivity contribution >= 4 is 24.0 Å². The summed E-state index contributed by atoms with van der Waals surface area (Å²) in [6.07, 6.45) is 0. The zero-order valence-corrected chi connectivity index (χ0v) is 13.5. The Morgan fingerprint density at radius 2 is 1.95 bits per heavy atom. The molecule has 0 radical (unpaired) electrons. The van der Waals surface area contributed by atoms with Crippen molar-refractivity contribution in [1.82, 2.24) is 15.1 Å². The molecule has 0 fully saturated rings. The second-order valence-corrected chi connectivity index (χ2v) is 4.81. The average molecular weight is 309 g/mol. The van der Waals surface area contributed by atoms with Crippen molar-refractivity contribution in [3.8, 4) is 0 Å². The highest BCUT2D eigenvalue weighted by Gasteiger charge is 2.18. The van der Waals surface area contributed by atoms with Crippen molar-refractivity contribution in [1.29, 1.82) is 0 Å². The summed E-state index contributed by atoms with van der Waals surface area (Å²) in [6, 6.07) is 7.78. The van der Waals surface area contributed by atoms with E-state index in [1.807, 2.05) is 52.2 Å². The largest absolute Gasteiger partial charge is 0.322 e. The number of carbonyl (C=O) groups excluding carboxylic acids is 1. The third-order valence-electron chi connectivity index (χ3n) is 3.37. The van der Waals surface area contributed by atoms with Gasteiger partial charge in [0.25, 0.3) is 5.91 Å². The fourth-order valence-corrected chi connectivity index (χ4v) is 2.27. The summed E-state index contributed by atoms with van der Waals surface area (Å²) in [5, 5.41) is 10.3. The van der Waals surface area contributed by atoms with Gasteiger partial charge < -0.3 is 10.6 Å². The quantitative estimate of drug-likeness (QED) is 0.912. The van der Waals surface area contributed by atoms with Crippen LogP contribution < -0.4 is 10.6 Å². The maximum atomic E-state index is 12.4. The first-order chi connectivity index (χ1) is 9.54. The molecule has 0 spiro atoms. The monoisotopic (exact) mass is 308 g/mol. The molecule has 1 aromatic carbocycles. The van der Waals surface area contributed by atoms with E-state index < -0.39 is 0 Å². The Morgan fingerprint density at radius 1 is 1.29 bits per heavy atom. The lowest BCUT2D eigenvalue weighted by Crippen LogP contribution is -2.16. The highest BCUT2D eigenvalue weighted by Crippen LogP contribution is 2.18. The van der Waals surface area contributed by atoms with Gasteiger partial charge in [0, 0.05) is 25.0 Å². The summed E-state index contributed by atoms with van der Waals surface area (Å²) in [7, 11) is 3.72. The van der Waals surface area contributed by atoms with Crippen LogP contribution in [-0.4, -0.2) is 22.7 Å². The van der Waals surface area contributed by atoms with Crippen LogP contribution in [0.4, 0.5) is 5.69 Å². The summed E-state index contributed by atoms with van der Waals surface area (Å²) < 4.78 is 1.73. The summed E-state index contributed by atoms with van der Waals surface area (Å²) in [5.41, 5.74) is 4.14. The van der Waals surface area contributed by atoms with Crippen molar-refractivity contribution in [2.45, 2.75) is 20.4 Å². The number of benzene rings is 1. The van der Waals surface area contributed by atoms with Crippen LogP contribution in [0.2, 0.25) is 0 Å². The number of aromatic nitrogens is 2. The first-order valence-electron chi connectivity index (χ1n) is 6.58. The molecule has 0 unspecified atom stereocenters. The molecule has 114 valence electrons. The molecule has 1 amide bonds. The van der Waals surface area contributed by atoms with Gasteiger partial charge in [-0.1, -0.05) is 18.2 Å². The molecule has 0 aliphatic carbocycles. The maximum Gasteiger partial charge on any atom is 0.259 e. The molecule has 0 bridgehead atoms. The number of amides is 1. The molecular formula is C15H21ClN4O. The molecule has 0 atom stereocenters. The Hall–Kier alpha value is -1.85. The van der Waals surface area contributed by atoms with E-state index >= 15 is 0 Å². The SMILES string of the molecule is CNCc1ccccc1NC(=O)c1c(C)nn(C)c1C.Cl. The lowest BCUT2D eigenvalue weighted by molar-refractivity contribution is 0.102. The van der Waals surface area contributed by atoms with Crippen LogP contribution in [0.1, 0.15) is 27.3 Å². The number of rotatable bonds is 4. The van der Waals surface area contributed by atoms with Crippen molar-refractivity contribution in [3.05, 3.63) is 46.8 Å². The lowest BCUT2D eigenvalue weighted by atomic mass is 10.1. The van der Waals surface area contributed by atoms with E-state index in [-0.39, 0.29) is 18.3 Å². The fraction of sp³-hybridized carbons (Fsp3) is 0.333. The number of nitrogens with zero attached hydrogens (tertiary/aromatic N) is 2. The molecule has 2 aromatic rings. The zero-order valence-electron chi connectivity index (χ0n) is 12.7. The van der Waals surface area contributed by atoms with Crippen LogP contribution in [0, 0.1) is 13.8 Å². The molecule has 1 heterocycles. The smallest absolute Gasteiger partial charge is 0.259 e. The van der Waals surface area contributed by atoms with Crippen molar-refractivity contribution in [2.24, 2.45) is 7.05 Å². The van der Waals surface area contributed by atoms with Gasteiger partial charge in [0.15, 0.2) is 0 Å². The molecule has 1 aromatic heterocycles. The van der Waals surface area contributed by atoms with Gasteiger partial charge in [0.1, 0.15) is 0 Å². The van der Waals surface area contributed by atoms with Gasteiger partial charge >= 0.3 is 0 Å². The standard InChI is InChI=1S/C15H20N4O.ClH/c1-10-14(11(2)19(4)18-10)15(20)17-13-8-6-5-7-12(13)9-16-3;/h5-8,16H,9H2,1-4H3,(H,17,20);1H. The fourth-order valence-electron chi connectivity index (χ4n) is 2.27. The predicted octanol–water partition coefficient (Wildman–Crippen LogP) is 2.43. The van der Waals surface area contributed by atoms with Gasteiger partial charge in [0.05, 0.1) is 11.3 Å². The minimum atomic E-state index is -0.114. The number of carbonyl (C=O) groups is 1. The van der Waals surface area contributed by atoms with Gasteiger partial charge in [-0.25, -0.2) is 0 Å². The summed E-state index contributed by atoms with van der Waals surface area (Å²) >= 11 is 0. The van der Waals surface area contributed by atoms with Gasteiger partial charge in [-0.3, -0.25) is 9.48 Å². The Balaban J connectivity index is 0.00000220. The van der Waals surface area contributed by atoms with E-state index in [4.69, 9.17) is 0 Å². The van der Waals surface area contributed by atoms with Crippen LogP contribution in [0.25, 0.3) is 0 Å². The number of anilines is 1. The van der Waals surface area contributed by atoms with E-state index in [1.165, 1.54) is 0 Å². The Morgan fingerprint density at radius 3 is 2.52 bits per heavy atom. The molecule has 0 saturated heterocycles. The molecule has 2 rings (SSSR count). The van der Waals surface area contributed by atoms with Crippen LogP contribution >= 0.6 is 12.4 Å². The van der Waals surface area contributed by atoms with E-state index in [1.54, 1.807) is 4.68 Å². The molecule has 21 heavy (non-hydrogen) atoms. The number of para-hydroxylation sites is 1. The molecule has 2 N–H and O–H groups in total. The number of hydrogen-bond donors (Lipinski definition) is 2. The number of nitrogens with one attached hydrogen (secondary N) is 2. The van der Waals surface area contributed by atoms with E-state index in [9.17, 15) is 4.79 Å². The molecule has 0 aliphatic rings. The second-order valence-electron chi connectivity index (χ2n) is 4.81. The lowest BCUT2D eigenvalue weighted by Gasteiger charge is -2.11. The summed E-state index contributed by atoms with van der Waals surface area (Å²) in [6.45, 7) is 4.46. The maximum absolute atomic E-state index is 12.4. The van der Waals surface area contributed by atoms with Gasteiger partial charge in [-0.2, -0.15) is 5.10 Å². The highest BCUT2D eigenvalue weighted by atomic mass is 35.5. The molecule has 5 nitrogen and oxygen atoms in total. The number of halogens is 1. The molecule has 0 saturated carbocycles. The van der Waals surface area contributed by atoms with Crippen molar-refractivity contribution < 1.29 is 4.79 Å². The Labute approximate surface area is 131 Å². The van der Waals surface area contributed by atoms with Gasteiger partial charge in [-0.05, 0) is 32.5 Å². The minimum absolute atomic E-state index is 0. The molecular weight excluding hydrogens is 288 g/mol. The average Bonchev–Trinajstić information content (AvgIpc) is 2.66. The Bertz CT molecular complexity index is 637. The van der Waals surface area contributed by atoms with Crippen LogP contribution in [0.5, 0.6) is 0 Å². The molecule has 0 aliphatic heterocycles. The van der Waals surface area contributed by atoms with E-state index in [0.717, 1.165) is 22.6 Å². The second kappa shape index (κ2) is 7.24.